The molecule has 4 aromatic rings. The van der Waals surface area contributed by atoms with Crippen LogP contribution in [0.25, 0.3) is 17.2 Å². The Balaban J connectivity index is 1.49. The molecule has 8 heteroatoms. The van der Waals surface area contributed by atoms with Crippen molar-refractivity contribution in [2.75, 3.05) is 7.11 Å². The molecule has 1 aromatic carbocycles. The molecule has 0 bridgehead atoms. The fourth-order valence-electron chi connectivity index (χ4n) is 4.15. The maximum absolute atomic E-state index is 12.9. The highest BCUT2D eigenvalue weighted by Crippen LogP contribution is 2.31. The van der Waals surface area contributed by atoms with Gasteiger partial charge in [-0.1, -0.05) is 30.3 Å². The number of nitrogens with one attached hydrogen (secondary N) is 1. The van der Waals surface area contributed by atoms with E-state index < -0.39 is 0 Å². The van der Waals surface area contributed by atoms with Crippen LogP contribution in [-0.4, -0.2) is 37.7 Å². The van der Waals surface area contributed by atoms with Gasteiger partial charge in [0.2, 0.25) is 0 Å². The molecule has 0 spiro atoms. The van der Waals surface area contributed by atoms with E-state index in [1.807, 2.05) is 24.4 Å². The van der Waals surface area contributed by atoms with Crippen molar-refractivity contribution in [3.8, 4) is 17.2 Å². The van der Waals surface area contributed by atoms with Crippen LogP contribution >= 0.6 is 0 Å². The van der Waals surface area contributed by atoms with Crippen molar-refractivity contribution in [2.45, 2.75) is 32.4 Å². The Morgan fingerprint density at radius 2 is 1.97 bits per heavy atom. The number of ether oxygens (including phenoxy) is 1. The first-order valence-electron chi connectivity index (χ1n) is 10.9. The van der Waals surface area contributed by atoms with E-state index in [9.17, 15) is 4.79 Å². The van der Waals surface area contributed by atoms with E-state index in [0.29, 0.717) is 23.8 Å². The highest BCUT2D eigenvalue weighted by molar-refractivity contribution is 5.95. The quantitative estimate of drug-likeness (QED) is 0.494. The molecule has 0 fully saturated rings. The Morgan fingerprint density at radius 1 is 1.09 bits per heavy atom. The average Bonchev–Trinajstić information content (AvgIpc) is 3.18. The first kappa shape index (κ1) is 21.0. The monoisotopic (exact) mass is 440 g/mol. The van der Waals surface area contributed by atoms with E-state index >= 15 is 0 Å². The minimum absolute atomic E-state index is 0.201. The number of carbonyl (C=O) groups excluding carboxylic acids is 1. The van der Waals surface area contributed by atoms with Crippen LogP contribution < -0.4 is 5.32 Å². The highest BCUT2D eigenvalue weighted by atomic mass is 16.5. The predicted molar refractivity (Wildman–Crippen MR) is 123 cm³/mol. The van der Waals surface area contributed by atoms with Gasteiger partial charge in [0.05, 0.1) is 29.8 Å². The molecule has 0 saturated carbocycles. The Bertz CT molecular complexity index is 1290. The predicted octanol–water partition coefficient (Wildman–Crippen LogP) is 3.29. The lowest BCUT2D eigenvalue weighted by Gasteiger charge is -2.12. The lowest BCUT2D eigenvalue weighted by atomic mass is 10.0. The fourth-order valence-corrected chi connectivity index (χ4v) is 4.15. The third-order valence-electron chi connectivity index (χ3n) is 5.78. The summed E-state index contributed by atoms with van der Waals surface area (Å²) < 4.78 is 6.98. The van der Waals surface area contributed by atoms with E-state index in [1.165, 1.54) is 11.8 Å². The van der Waals surface area contributed by atoms with Gasteiger partial charge < -0.3 is 10.1 Å². The van der Waals surface area contributed by atoms with Gasteiger partial charge in [0, 0.05) is 37.8 Å². The van der Waals surface area contributed by atoms with E-state index in [-0.39, 0.29) is 12.5 Å². The van der Waals surface area contributed by atoms with Gasteiger partial charge in [-0.25, -0.2) is 9.97 Å². The van der Waals surface area contributed by atoms with Crippen molar-refractivity contribution in [1.29, 1.82) is 0 Å². The number of aromatic nitrogens is 5. The number of aryl methyl sites for hydroxylation is 2. The van der Waals surface area contributed by atoms with Crippen molar-refractivity contribution in [1.82, 2.24) is 30.0 Å². The molecule has 5 rings (SSSR count). The third kappa shape index (κ3) is 4.25. The second-order valence-electron chi connectivity index (χ2n) is 7.95. The number of rotatable bonds is 6. The first-order valence-corrected chi connectivity index (χ1v) is 10.9. The van der Waals surface area contributed by atoms with Crippen molar-refractivity contribution in [2.24, 2.45) is 0 Å². The van der Waals surface area contributed by atoms with E-state index in [0.717, 1.165) is 41.6 Å². The number of pyridine rings is 1. The fraction of sp³-hybridized carbons (Fsp3) is 0.240. The summed E-state index contributed by atoms with van der Waals surface area (Å²) in [7, 11) is 1.59. The molecule has 3 aromatic heterocycles. The molecule has 1 aliphatic rings. The largest absolute Gasteiger partial charge is 0.378 e. The Hall–Kier alpha value is -3.91. The molecule has 0 unspecified atom stereocenters. The minimum Gasteiger partial charge on any atom is -0.378 e. The number of benzene rings is 1. The molecule has 33 heavy (non-hydrogen) atoms. The van der Waals surface area contributed by atoms with Gasteiger partial charge in [0.15, 0.2) is 0 Å². The SMILES string of the molecule is COCc1c(C(=O)NCc2cccnc2)cnn1-c1ncc2c(n1)-c1ccccc1CCC2. The van der Waals surface area contributed by atoms with Gasteiger partial charge in [-0.05, 0) is 42.0 Å². The summed E-state index contributed by atoms with van der Waals surface area (Å²) in [6, 6.07) is 12.1. The zero-order valence-electron chi connectivity index (χ0n) is 18.4. The van der Waals surface area contributed by atoms with Crippen LogP contribution in [0.2, 0.25) is 0 Å². The first-order chi connectivity index (χ1) is 16.2. The number of methoxy groups -OCH3 is 1. The smallest absolute Gasteiger partial charge is 0.255 e. The van der Waals surface area contributed by atoms with Crippen LogP contribution in [0.4, 0.5) is 0 Å². The van der Waals surface area contributed by atoms with Crippen LogP contribution in [0.1, 0.15) is 39.2 Å². The Kier molecular flexibility index (Phi) is 5.91. The van der Waals surface area contributed by atoms with Gasteiger partial charge in [-0.15, -0.1) is 0 Å². The Labute approximate surface area is 191 Å². The number of carbonyl (C=O) groups is 1. The van der Waals surface area contributed by atoms with Crippen LogP contribution in [0.15, 0.2) is 61.2 Å². The van der Waals surface area contributed by atoms with Crippen LogP contribution in [0.3, 0.4) is 0 Å². The average molecular weight is 441 g/mol. The van der Waals surface area contributed by atoms with Gasteiger partial charge >= 0.3 is 0 Å². The molecular weight excluding hydrogens is 416 g/mol. The molecule has 166 valence electrons. The number of nitrogens with zero attached hydrogens (tertiary/aromatic N) is 5. The summed E-state index contributed by atoms with van der Waals surface area (Å²) in [4.78, 5) is 26.5. The van der Waals surface area contributed by atoms with Gasteiger partial charge in [0.25, 0.3) is 11.9 Å². The van der Waals surface area contributed by atoms with Crippen LogP contribution in [0.5, 0.6) is 0 Å². The summed E-state index contributed by atoms with van der Waals surface area (Å²) >= 11 is 0. The molecular formula is C25H24N6O2. The Morgan fingerprint density at radius 3 is 2.82 bits per heavy atom. The zero-order valence-corrected chi connectivity index (χ0v) is 18.4. The van der Waals surface area contributed by atoms with E-state index in [4.69, 9.17) is 9.72 Å². The lowest BCUT2D eigenvalue weighted by Crippen LogP contribution is -2.24. The van der Waals surface area contributed by atoms with Crippen molar-refractivity contribution in [3.05, 3.63) is 89.1 Å². The molecule has 8 nitrogen and oxygen atoms in total. The van der Waals surface area contributed by atoms with Gasteiger partial charge in [-0.2, -0.15) is 9.78 Å². The molecule has 0 aliphatic heterocycles. The summed E-state index contributed by atoms with van der Waals surface area (Å²) in [6.07, 6.45) is 9.84. The summed E-state index contributed by atoms with van der Waals surface area (Å²) in [6.45, 7) is 0.573. The maximum Gasteiger partial charge on any atom is 0.255 e. The highest BCUT2D eigenvalue weighted by Gasteiger charge is 2.22. The van der Waals surface area contributed by atoms with Crippen molar-refractivity contribution >= 4 is 5.91 Å². The maximum atomic E-state index is 12.9. The lowest BCUT2D eigenvalue weighted by molar-refractivity contribution is 0.0945. The molecule has 0 atom stereocenters. The summed E-state index contributed by atoms with van der Waals surface area (Å²) in [5, 5.41) is 7.37. The van der Waals surface area contributed by atoms with E-state index in [1.54, 1.807) is 24.2 Å². The molecule has 1 amide bonds. The molecule has 0 radical (unpaired) electrons. The zero-order chi connectivity index (χ0) is 22.6. The number of amides is 1. The third-order valence-corrected chi connectivity index (χ3v) is 5.78. The minimum atomic E-state index is -0.239. The van der Waals surface area contributed by atoms with Crippen molar-refractivity contribution in [3.63, 3.8) is 0 Å². The number of hydrogen-bond acceptors (Lipinski definition) is 6. The molecule has 1 aliphatic carbocycles. The van der Waals surface area contributed by atoms with Crippen molar-refractivity contribution < 1.29 is 9.53 Å². The second-order valence-corrected chi connectivity index (χ2v) is 7.95. The summed E-state index contributed by atoms with van der Waals surface area (Å²) in [5.74, 6) is 0.182. The van der Waals surface area contributed by atoms with Gasteiger partial charge in [-0.3, -0.25) is 9.78 Å². The van der Waals surface area contributed by atoms with Crippen LogP contribution in [0, 0.1) is 0 Å². The topological polar surface area (TPSA) is 94.8 Å². The second kappa shape index (κ2) is 9.30. The number of hydrogen-bond donors (Lipinski definition) is 1. The molecule has 1 N–H and O–H groups in total. The normalized spacial score (nSPS) is 12.5. The molecule has 3 heterocycles. The molecule has 0 saturated heterocycles. The number of fused-ring (bicyclic) bond motifs is 3. The standard InChI is InChI=1S/C25H24N6O2/c1-33-16-22-21(24(32)27-13-17-6-5-11-26-12-17)15-29-31(22)25-28-14-19-9-4-8-18-7-2-3-10-20(18)23(19)30-25/h2-3,5-7,10-12,14-15H,4,8-9,13,16H2,1H3,(H,27,32). The summed E-state index contributed by atoms with van der Waals surface area (Å²) in [5.41, 5.74) is 6.41. The van der Waals surface area contributed by atoms with Crippen LogP contribution in [-0.2, 0) is 30.7 Å². The van der Waals surface area contributed by atoms with E-state index in [2.05, 4.69) is 38.6 Å². The van der Waals surface area contributed by atoms with Gasteiger partial charge in [0.1, 0.15) is 0 Å².